The van der Waals surface area contributed by atoms with Crippen LogP contribution in [0.15, 0.2) is 65.6 Å². The lowest BCUT2D eigenvalue weighted by Gasteiger charge is -2.17. The minimum Gasteiger partial charge on any atom is -0.495 e. The second-order valence-electron chi connectivity index (χ2n) is 7.01. The second kappa shape index (κ2) is 8.85. The summed E-state index contributed by atoms with van der Waals surface area (Å²) in [5, 5.41) is 1.16. The maximum atomic E-state index is 13.4. The van der Waals surface area contributed by atoms with Crippen molar-refractivity contribution in [2.24, 2.45) is 0 Å². The summed E-state index contributed by atoms with van der Waals surface area (Å²) in [5.41, 5.74) is -1.13. The van der Waals surface area contributed by atoms with Crippen LogP contribution in [0.25, 0.3) is 33.2 Å². The van der Waals surface area contributed by atoms with Crippen LogP contribution in [0.2, 0.25) is 10.0 Å². The predicted molar refractivity (Wildman–Crippen MR) is 126 cm³/mol. The Labute approximate surface area is 197 Å². The Kier molecular flexibility index (Phi) is 6.30. The van der Waals surface area contributed by atoms with Crippen molar-refractivity contribution in [3.8, 4) is 28.0 Å². The van der Waals surface area contributed by atoms with Gasteiger partial charge in [-0.1, -0.05) is 65.7 Å². The van der Waals surface area contributed by atoms with E-state index in [1.165, 1.54) is 13.2 Å². The molecule has 0 aliphatic carbocycles. The van der Waals surface area contributed by atoms with Crippen LogP contribution in [-0.2, 0) is 0 Å². The molecule has 8 heteroatoms. The molecule has 164 valence electrons. The van der Waals surface area contributed by atoms with Gasteiger partial charge in [0.15, 0.2) is 0 Å². The minimum atomic E-state index is -4.47. The van der Waals surface area contributed by atoms with Crippen LogP contribution < -0.4 is 4.74 Å². The standard InChI is InChI=1S/C24H16Cl2F3NOS/c1-13-22(23(26)17-11-18(25)20(31-2)12-19(17)30-13)16-9-8-15(14-6-4-3-5-7-14)10-21(16)32-24(27,28)29/h3-12H,1-2H3. The highest BCUT2D eigenvalue weighted by molar-refractivity contribution is 8.00. The third kappa shape index (κ3) is 4.53. The lowest BCUT2D eigenvalue weighted by molar-refractivity contribution is -0.0327. The number of fused-ring (bicyclic) bond motifs is 1. The Morgan fingerprint density at radius 1 is 0.938 bits per heavy atom. The van der Waals surface area contributed by atoms with Gasteiger partial charge in [0, 0.05) is 27.6 Å². The molecule has 0 spiro atoms. The first-order valence-electron chi connectivity index (χ1n) is 9.47. The third-order valence-corrected chi connectivity index (χ3v) is 6.44. The summed E-state index contributed by atoms with van der Waals surface area (Å²) in [5.74, 6) is 0.440. The summed E-state index contributed by atoms with van der Waals surface area (Å²) in [6.07, 6.45) is 0. The molecule has 0 atom stereocenters. The minimum absolute atomic E-state index is 0.0459. The third-order valence-electron chi connectivity index (χ3n) is 4.96. The largest absolute Gasteiger partial charge is 0.495 e. The maximum Gasteiger partial charge on any atom is 0.446 e. The number of thioether (sulfide) groups is 1. The van der Waals surface area contributed by atoms with Crippen LogP contribution in [0, 0.1) is 6.92 Å². The van der Waals surface area contributed by atoms with Crippen LogP contribution in [0.4, 0.5) is 13.2 Å². The molecule has 4 rings (SSSR count). The van der Waals surface area contributed by atoms with Crippen molar-refractivity contribution < 1.29 is 17.9 Å². The van der Waals surface area contributed by atoms with E-state index in [0.29, 0.717) is 44.1 Å². The number of hydrogen-bond acceptors (Lipinski definition) is 3. The molecule has 3 aromatic carbocycles. The van der Waals surface area contributed by atoms with Crippen LogP contribution in [0.5, 0.6) is 5.75 Å². The first-order chi connectivity index (χ1) is 15.2. The summed E-state index contributed by atoms with van der Waals surface area (Å²) >= 11 is 12.8. The number of alkyl halides is 3. The van der Waals surface area contributed by atoms with Crippen molar-refractivity contribution in [2.45, 2.75) is 17.3 Å². The molecule has 0 saturated carbocycles. The Morgan fingerprint density at radius 2 is 1.66 bits per heavy atom. The van der Waals surface area contributed by atoms with E-state index < -0.39 is 5.51 Å². The molecule has 0 amide bonds. The van der Waals surface area contributed by atoms with Gasteiger partial charge in [0.2, 0.25) is 0 Å². The number of hydrogen-bond donors (Lipinski definition) is 0. The van der Waals surface area contributed by atoms with Crippen molar-refractivity contribution in [2.75, 3.05) is 7.11 Å². The van der Waals surface area contributed by atoms with Gasteiger partial charge in [0.25, 0.3) is 0 Å². The van der Waals surface area contributed by atoms with Crippen molar-refractivity contribution in [1.29, 1.82) is 0 Å². The molecule has 0 fully saturated rings. The van der Waals surface area contributed by atoms with Gasteiger partial charge >= 0.3 is 5.51 Å². The SMILES string of the molecule is COc1cc2nc(C)c(-c3ccc(-c4ccccc4)cc3SC(F)(F)F)c(Cl)c2cc1Cl. The average Bonchev–Trinajstić information content (AvgIpc) is 2.74. The second-order valence-corrected chi connectivity index (χ2v) is 8.91. The molecule has 0 unspecified atom stereocenters. The Hall–Kier alpha value is -2.41. The zero-order valence-corrected chi connectivity index (χ0v) is 19.3. The smallest absolute Gasteiger partial charge is 0.446 e. The quantitative estimate of drug-likeness (QED) is 0.265. The van der Waals surface area contributed by atoms with Crippen LogP contribution in [0.1, 0.15) is 5.69 Å². The summed E-state index contributed by atoms with van der Waals surface area (Å²) in [7, 11) is 1.49. The molecule has 4 aromatic rings. The number of halogens is 5. The molecule has 0 saturated heterocycles. The maximum absolute atomic E-state index is 13.4. The Bertz CT molecular complexity index is 1310. The zero-order valence-electron chi connectivity index (χ0n) is 16.9. The summed E-state index contributed by atoms with van der Waals surface area (Å²) in [6, 6.07) is 17.5. The van der Waals surface area contributed by atoms with E-state index in [1.807, 2.05) is 30.3 Å². The first kappa shape index (κ1) is 22.8. The van der Waals surface area contributed by atoms with Gasteiger partial charge < -0.3 is 4.74 Å². The highest BCUT2D eigenvalue weighted by Gasteiger charge is 2.31. The van der Waals surface area contributed by atoms with E-state index in [-0.39, 0.29) is 21.7 Å². The summed E-state index contributed by atoms with van der Waals surface area (Å²) in [6.45, 7) is 1.72. The first-order valence-corrected chi connectivity index (χ1v) is 11.0. The number of nitrogens with zero attached hydrogens (tertiary/aromatic N) is 1. The van der Waals surface area contributed by atoms with Gasteiger partial charge in [-0.05, 0) is 47.5 Å². The number of methoxy groups -OCH3 is 1. The highest BCUT2D eigenvalue weighted by Crippen LogP contribution is 2.47. The van der Waals surface area contributed by atoms with Crippen molar-refractivity contribution >= 4 is 45.9 Å². The Balaban J connectivity index is 1.95. The lowest BCUT2D eigenvalue weighted by Crippen LogP contribution is -2.01. The van der Waals surface area contributed by atoms with E-state index in [1.54, 1.807) is 31.2 Å². The van der Waals surface area contributed by atoms with Gasteiger partial charge in [-0.3, -0.25) is 4.98 Å². The molecule has 0 bridgehead atoms. The van der Waals surface area contributed by atoms with Crippen LogP contribution in [0.3, 0.4) is 0 Å². The van der Waals surface area contributed by atoms with Gasteiger partial charge in [0.05, 0.1) is 22.7 Å². The van der Waals surface area contributed by atoms with Crippen molar-refractivity contribution in [3.63, 3.8) is 0 Å². The van der Waals surface area contributed by atoms with E-state index in [9.17, 15) is 13.2 Å². The fourth-order valence-corrected chi connectivity index (χ4v) is 4.90. The molecular formula is C24H16Cl2F3NOS. The van der Waals surface area contributed by atoms with E-state index in [2.05, 4.69) is 4.98 Å². The number of pyridine rings is 1. The van der Waals surface area contributed by atoms with Crippen LogP contribution >= 0.6 is 35.0 Å². The Morgan fingerprint density at radius 3 is 2.31 bits per heavy atom. The molecule has 1 heterocycles. The molecule has 2 nitrogen and oxygen atoms in total. The molecule has 1 aromatic heterocycles. The van der Waals surface area contributed by atoms with Gasteiger partial charge in [-0.15, -0.1) is 0 Å². The fourth-order valence-electron chi connectivity index (χ4n) is 3.56. The molecule has 0 N–H and O–H groups in total. The van der Waals surface area contributed by atoms with E-state index >= 15 is 0 Å². The molecule has 0 aliphatic heterocycles. The van der Waals surface area contributed by atoms with Gasteiger partial charge in [0.1, 0.15) is 5.75 Å². The summed E-state index contributed by atoms with van der Waals surface area (Å²) < 4.78 is 45.6. The number of aryl methyl sites for hydroxylation is 1. The van der Waals surface area contributed by atoms with Crippen molar-refractivity contribution in [1.82, 2.24) is 4.98 Å². The molecule has 0 radical (unpaired) electrons. The normalized spacial score (nSPS) is 11.7. The van der Waals surface area contributed by atoms with E-state index in [4.69, 9.17) is 27.9 Å². The lowest BCUT2D eigenvalue weighted by atomic mass is 9.98. The number of rotatable bonds is 4. The number of aromatic nitrogens is 1. The number of ether oxygens (including phenoxy) is 1. The predicted octanol–water partition coefficient (Wildman–Crippen LogP) is 8.80. The fraction of sp³-hybridized carbons (Fsp3) is 0.125. The topological polar surface area (TPSA) is 22.1 Å². The van der Waals surface area contributed by atoms with Gasteiger partial charge in [-0.25, -0.2) is 0 Å². The number of benzene rings is 3. The van der Waals surface area contributed by atoms with Gasteiger partial charge in [-0.2, -0.15) is 13.2 Å². The van der Waals surface area contributed by atoms with Crippen LogP contribution in [-0.4, -0.2) is 17.6 Å². The highest BCUT2D eigenvalue weighted by atomic mass is 35.5. The van der Waals surface area contributed by atoms with Crippen molar-refractivity contribution in [3.05, 3.63) is 76.4 Å². The average molecular weight is 494 g/mol. The van der Waals surface area contributed by atoms with E-state index in [0.717, 1.165) is 5.56 Å². The summed E-state index contributed by atoms with van der Waals surface area (Å²) in [4.78, 5) is 4.61. The molecule has 32 heavy (non-hydrogen) atoms. The molecule has 0 aliphatic rings. The molecular weight excluding hydrogens is 478 g/mol. The monoisotopic (exact) mass is 493 g/mol. The zero-order chi connectivity index (χ0) is 23.0.